The Kier molecular flexibility index (Phi) is 5.02. The van der Waals surface area contributed by atoms with E-state index in [1.165, 1.54) is 0 Å². The van der Waals surface area contributed by atoms with E-state index in [4.69, 9.17) is 16.4 Å². The number of oxime groups is 1. The second kappa shape index (κ2) is 6.95. The maximum Gasteiger partial charge on any atom is 0.416 e. The topological polar surface area (TPSA) is 21.6 Å². The SMILES string of the molecule is Cc1cc(C2ON=C(Cc3cc(C)ccc3Cl)C2C)cc(C(F)(F)F)c1. The van der Waals surface area contributed by atoms with Gasteiger partial charge in [-0.15, -0.1) is 0 Å². The molecular formula is C20H19ClF3NO. The first-order valence-electron chi connectivity index (χ1n) is 8.31. The van der Waals surface area contributed by atoms with Crippen molar-refractivity contribution in [1.29, 1.82) is 0 Å². The number of alkyl halides is 3. The lowest BCUT2D eigenvalue weighted by molar-refractivity contribution is -0.137. The number of hydrogen-bond donors (Lipinski definition) is 0. The third-order valence-corrected chi connectivity index (χ3v) is 4.96. The Balaban J connectivity index is 1.84. The second-order valence-corrected chi connectivity index (χ2v) is 7.21. The first kappa shape index (κ1) is 18.8. The van der Waals surface area contributed by atoms with Crippen LogP contribution in [0.1, 0.15) is 40.8 Å². The van der Waals surface area contributed by atoms with Crippen molar-refractivity contribution in [3.8, 4) is 0 Å². The van der Waals surface area contributed by atoms with E-state index < -0.39 is 17.8 Å². The van der Waals surface area contributed by atoms with E-state index in [1.807, 2.05) is 32.0 Å². The third kappa shape index (κ3) is 3.88. The van der Waals surface area contributed by atoms with Crippen LogP contribution < -0.4 is 0 Å². The summed E-state index contributed by atoms with van der Waals surface area (Å²) >= 11 is 6.25. The lowest BCUT2D eigenvalue weighted by atomic mass is 9.89. The van der Waals surface area contributed by atoms with Crippen LogP contribution in [0.2, 0.25) is 5.02 Å². The van der Waals surface area contributed by atoms with Gasteiger partial charge < -0.3 is 4.84 Å². The number of halogens is 4. The van der Waals surface area contributed by atoms with Crippen LogP contribution in [0.5, 0.6) is 0 Å². The Morgan fingerprint density at radius 1 is 1.08 bits per heavy atom. The highest BCUT2D eigenvalue weighted by Crippen LogP contribution is 2.38. The van der Waals surface area contributed by atoms with Gasteiger partial charge in [0.1, 0.15) is 0 Å². The Hall–Kier alpha value is -2.01. The van der Waals surface area contributed by atoms with Gasteiger partial charge in [0, 0.05) is 17.4 Å². The molecule has 0 amide bonds. The summed E-state index contributed by atoms with van der Waals surface area (Å²) < 4.78 is 39.3. The summed E-state index contributed by atoms with van der Waals surface area (Å²) in [5.41, 5.74) is 3.15. The molecule has 0 aromatic heterocycles. The predicted molar refractivity (Wildman–Crippen MR) is 96.5 cm³/mol. The Morgan fingerprint density at radius 3 is 2.50 bits per heavy atom. The molecule has 0 bridgehead atoms. The van der Waals surface area contributed by atoms with Crippen molar-refractivity contribution in [2.75, 3.05) is 0 Å². The van der Waals surface area contributed by atoms with Gasteiger partial charge in [0.05, 0.1) is 11.3 Å². The summed E-state index contributed by atoms with van der Waals surface area (Å²) in [5.74, 6) is -0.144. The smallest absolute Gasteiger partial charge is 0.387 e. The third-order valence-electron chi connectivity index (χ3n) is 4.59. The van der Waals surface area contributed by atoms with E-state index in [0.717, 1.165) is 29.0 Å². The number of rotatable bonds is 3. The van der Waals surface area contributed by atoms with Crippen LogP contribution >= 0.6 is 11.6 Å². The number of benzene rings is 2. The Bertz CT molecular complexity index is 861. The minimum absolute atomic E-state index is 0.144. The van der Waals surface area contributed by atoms with Gasteiger partial charge in [-0.05, 0) is 43.2 Å². The molecule has 2 nitrogen and oxygen atoms in total. The maximum absolute atomic E-state index is 13.1. The van der Waals surface area contributed by atoms with Crippen molar-refractivity contribution < 1.29 is 18.0 Å². The fourth-order valence-corrected chi connectivity index (χ4v) is 3.38. The van der Waals surface area contributed by atoms with E-state index in [-0.39, 0.29) is 5.92 Å². The van der Waals surface area contributed by atoms with Crippen molar-refractivity contribution in [2.24, 2.45) is 11.1 Å². The summed E-state index contributed by atoms with van der Waals surface area (Å²) in [5, 5.41) is 4.78. The Morgan fingerprint density at radius 2 is 1.81 bits per heavy atom. The quantitative estimate of drug-likeness (QED) is 0.613. The van der Waals surface area contributed by atoms with Gasteiger partial charge in [-0.3, -0.25) is 0 Å². The predicted octanol–water partition coefficient (Wildman–Crippen LogP) is 6.28. The molecule has 0 N–H and O–H groups in total. The molecule has 0 aliphatic carbocycles. The van der Waals surface area contributed by atoms with Crippen LogP contribution in [0.4, 0.5) is 13.2 Å². The highest BCUT2D eigenvalue weighted by atomic mass is 35.5. The van der Waals surface area contributed by atoms with Gasteiger partial charge in [-0.25, -0.2) is 0 Å². The minimum atomic E-state index is -4.39. The number of hydrogen-bond acceptors (Lipinski definition) is 2. The molecule has 6 heteroatoms. The van der Waals surface area contributed by atoms with Gasteiger partial charge in [0.2, 0.25) is 0 Å². The molecule has 2 unspecified atom stereocenters. The van der Waals surface area contributed by atoms with E-state index in [2.05, 4.69) is 5.16 Å². The fraction of sp³-hybridized carbons (Fsp3) is 0.350. The van der Waals surface area contributed by atoms with Crippen molar-refractivity contribution in [3.05, 3.63) is 69.2 Å². The largest absolute Gasteiger partial charge is 0.416 e. The molecule has 2 aromatic carbocycles. The summed E-state index contributed by atoms with van der Waals surface area (Å²) in [7, 11) is 0. The van der Waals surface area contributed by atoms with Gasteiger partial charge >= 0.3 is 6.18 Å². The van der Waals surface area contributed by atoms with Crippen molar-refractivity contribution in [2.45, 2.75) is 39.5 Å². The van der Waals surface area contributed by atoms with Crippen LogP contribution in [0.25, 0.3) is 0 Å². The normalized spacial score (nSPS) is 20.0. The van der Waals surface area contributed by atoms with E-state index >= 15 is 0 Å². The first-order chi connectivity index (χ1) is 12.1. The second-order valence-electron chi connectivity index (χ2n) is 6.80. The van der Waals surface area contributed by atoms with Crippen LogP contribution in [-0.4, -0.2) is 5.71 Å². The Labute approximate surface area is 155 Å². The highest BCUT2D eigenvalue weighted by Gasteiger charge is 2.35. The summed E-state index contributed by atoms with van der Waals surface area (Å²) in [6.45, 7) is 5.53. The average molecular weight is 382 g/mol. The molecule has 0 radical (unpaired) electrons. The molecule has 0 fully saturated rings. The molecule has 0 spiro atoms. The minimum Gasteiger partial charge on any atom is -0.387 e. The van der Waals surface area contributed by atoms with E-state index in [1.54, 1.807) is 13.0 Å². The summed E-state index contributed by atoms with van der Waals surface area (Å²) in [6, 6.07) is 9.74. The van der Waals surface area contributed by atoms with Crippen LogP contribution in [0.3, 0.4) is 0 Å². The van der Waals surface area contributed by atoms with Crippen LogP contribution in [0, 0.1) is 19.8 Å². The maximum atomic E-state index is 13.1. The molecule has 2 atom stereocenters. The zero-order valence-electron chi connectivity index (χ0n) is 14.7. The molecular weight excluding hydrogens is 363 g/mol. The molecule has 1 aliphatic rings. The number of nitrogens with zero attached hydrogens (tertiary/aromatic N) is 1. The van der Waals surface area contributed by atoms with Gasteiger partial charge in [-0.1, -0.05) is 53.0 Å². The summed E-state index contributed by atoms with van der Waals surface area (Å²) in [4.78, 5) is 5.51. The standard InChI is InChI=1S/C20H19ClF3NO/c1-11-4-5-17(21)14(6-11)10-18-13(3)19(26-25-18)15-7-12(2)8-16(9-15)20(22,23)24/h4-9,13,19H,10H2,1-3H3. The number of aryl methyl sites for hydroxylation is 2. The monoisotopic (exact) mass is 381 g/mol. The lowest BCUT2D eigenvalue weighted by Crippen LogP contribution is -2.17. The fourth-order valence-electron chi connectivity index (χ4n) is 3.19. The molecule has 138 valence electrons. The molecule has 0 saturated carbocycles. The van der Waals surface area contributed by atoms with Gasteiger partial charge in [0.25, 0.3) is 0 Å². The first-order valence-corrected chi connectivity index (χ1v) is 8.69. The zero-order valence-corrected chi connectivity index (χ0v) is 15.4. The van der Waals surface area contributed by atoms with Gasteiger partial charge in [0.15, 0.2) is 6.10 Å². The molecule has 2 aromatic rings. The van der Waals surface area contributed by atoms with Crippen molar-refractivity contribution in [1.82, 2.24) is 0 Å². The lowest BCUT2D eigenvalue weighted by Gasteiger charge is -2.18. The molecule has 3 rings (SSSR count). The van der Waals surface area contributed by atoms with E-state index in [0.29, 0.717) is 22.6 Å². The summed E-state index contributed by atoms with van der Waals surface area (Å²) in [6.07, 6.45) is -4.41. The molecule has 0 saturated heterocycles. The van der Waals surface area contributed by atoms with Crippen molar-refractivity contribution >= 4 is 17.3 Å². The van der Waals surface area contributed by atoms with Crippen molar-refractivity contribution in [3.63, 3.8) is 0 Å². The molecule has 1 aliphatic heterocycles. The highest BCUT2D eigenvalue weighted by molar-refractivity contribution is 6.31. The molecule has 1 heterocycles. The van der Waals surface area contributed by atoms with E-state index in [9.17, 15) is 13.2 Å². The average Bonchev–Trinajstić information content (AvgIpc) is 2.90. The van der Waals surface area contributed by atoms with Crippen LogP contribution in [0.15, 0.2) is 41.6 Å². The zero-order chi connectivity index (χ0) is 19.1. The van der Waals surface area contributed by atoms with Gasteiger partial charge in [-0.2, -0.15) is 13.2 Å². The molecule has 26 heavy (non-hydrogen) atoms. The van der Waals surface area contributed by atoms with Crippen LogP contribution in [-0.2, 0) is 17.4 Å².